The number of aliphatic hydroxyl groups excluding tert-OH is 1. The minimum absolute atomic E-state index is 0.0782. The van der Waals surface area contributed by atoms with Gasteiger partial charge in [0.1, 0.15) is 5.82 Å². The van der Waals surface area contributed by atoms with Gasteiger partial charge in [0.15, 0.2) is 0 Å². The van der Waals surface area contributed by atoms with Crippen molar-refractivity contribution in [3.05, 3.63) is 54.1 Å². The van der Waals surface area contributed by atoms with Crippen LogP contribution >= 0.6 is 0 Å². The van der Waals surface area contributed by atoms with Gasteiger partial charge in [-0.05, 0) is 18.4 Å². The fourth-order valence-electron chi connectivity index (χ4n) is 2.87. The van der Waals surface area contributed by atoms with Gasteiger partial charge >= 0.3 is 0 Å². The van der Waals surface area contributed by atoms with E-state index in [4.69, 9.17) is 0 Å². The zero-order valence-electron chi connectivity index (χ0n) is 12.5. The number of hydrogen-bond acceptors (Lipinski definition) is 3. The molecule has 112 valence electrons. The van der Waals surface area contributed by atoms with Gasteiger partial charge in [0, 0.05) is 31.4 Å². The summed E-state index contributed by atoms with van der Waals surface area (Å²) in [6.45, 7) is 2.89. The Hall–Kier alpha value is -1.65. The molecule has 1 unspecified atom stereocenters. The Labute approximate surface area is 125 Å². The third-order valence-corrected chi connectivity index (χ3v) is 4.21. The molecule has 1 heterocycles. The first-order valence-corrected chi connectivity index (χ1v) is 7.71. The lowest BCUT2D eigenvalue weighted by Gasteiger charge is -2.35. The van der Waals surface area contributed by atoms with Crippen LogP contribution in [0.15, 0.2) is 42.7 Å². The summed E-state index contributed by atoms with van der Waals surface area (Å²) in [5.74, 6) is 1.06. The van der Waals surface area contributed by atoms with Crippen molar-refractivity contribution >= 4 is 0 Å². The number of nitrogens with zero attached hydrogens (tertiary/aromatic N) is 2. The van der Waals surface area contributed by atoms with Gasteiger partial charge in [-0.1, -0.05) is 37.3 Å². The number of aryl methyl sites for hydroxylation is 1. The Bertz CT molecular complexity index is 577. The number of rotatable bonds is 7. The molecule has 1 aromatic carbocycles. The van der Waals surface area contributed by atoms with E-state index in [0.717, 1.165) is 17.8 Å². The molecule has 2 N–H and O–H groups in total. The molecule has 3 rings (SSSR count). The molecular formula is C17H23N3O. The highest BCUT2D eigenvalue weighted by Gasteiger charge is 2.37. The quantitative estimate of drug-likeness (QED) is 0.819. The molecule has 21 heavy (non-hydrogen) atoms. The van der Waals surface area contributed by atoms with E-state index in [9.17, 15) is 5.11 Å². The van der Waals surface area contributed by atoms with E-state index in [0.29, 0.717) is 12.6 Å². The van der Waals surface area contributed by atoms with Gasteiger partial charge in [-0.15, -0.1) is 0 Å². The molecule has 0 amide bonds. The van der Waals surface area contributed by atoms with Crippen molar-refractivity contribution in [2.75, 3.05) is 6.61 Å². The summed E-state index contributed by atoms with van der Waals surface area (Å²) in [5.41, 5.74) is 0.697. The Morgan fingerprint density at radius 1 is 1.33 bits per heavy atom. The van der Waals surface area contributed by atoms with Crippen LogP contribution in [0.2, 0.25) is 0 Å². The topological polar surface area (TPSA) is 50.1 Å². The summed E-state index contributed by atoms with van der Waals surface area (Å²) in [6.07, 6.45) is 7.12. The summed E-state index contributed by atoms with van der Waals surface area (Å²) >= 11 is 0. The summed E-state index contributed by atoms with van der Waals surface area (Å²) in [5, 5.41) is 13.8. The SMILES string of the molecule is CCc1nccn1CC(CO)(NC1CC1)c1ccccc1. The smallest absolute Gasteiger partial charge is 0.108 e. The summed E-state index contributed by atoms with van der Waals surface area (Å²) < 4.78 is 2.15. The molecule has 1 saturated carbocycles. The van der Waals surface area contributed by atoms with Crippen LogP contribution in [-0.4, -0.2) is 27.3 Å². The summed E-state index contributed by atoms with van der Waals surface area (Å²) in [4.78, 5) is 4.40. The standard InChI is InChI=1S/C17H23N3O/c1-2-16-18-10-11-20(16)12-17(13-21,19-15-8-9-15)14-6-4-3-5-7-14/h3-7,10-11,15,19,21H,2,8-9,12-13H2,1H3. The van der Waals surface area contributed by atoms with E-state index >= 15 is 0 Å². The molecule has 4 nitrogen and oxygen atoms in total. The number of hydrogen-bond donors (Lipinski definition) is 2. The van der Waals surface area contributed by atoms with Crippen molar-refractivity contribution in [3.8, 4) is 0 Å². The Kier molecular flexibility index (Phi) is 4.08. The van der Waals surface area contributed by atoms with Gasteiger partial charge in [0.25, 0.3) is 0 Å². The number of nitrogens with one attached hydrogen (secondary N) is 1. The van der Waals surface area contributed by atoms with Crippen LogP contribution in [0, 0.1) is 0 Å². The highest BCUT2D eigenvalue weighted by atomic mass is 16.3. The normalized spacial score (nSPS) is 17.6. The van der Waals surface area contributed by atoms with Crippen molar-refractivity contribution in [3.63, 3.8) is 0 Å². The van der Waals surface area contributed by atoms with E-state index in [2.05, 4.69) is 33.9 Å². The van der Waals surface area contributed by atoms with Gasteiger partial charge in [0.2, 0.25) is 0 Å². The molecular weight excluding hydrogens is 262 g/mol. The maximum absolute atomic E-state index is 10.2. The van der Waals surface area contributed by atoms with Gasteiger partial charge < -0.3 is 15.0 Å². The highest BCUT2D eigenvalue weighted by Crippen LogP contribution is 2.30. The molecule has 1 aromatic heterocycles. The molecule has 0 radical (unpaired) electrons. The average molecular weight is 285 g/mol. The second kappa shape index (κ2) is 6.00. The summed E-state index contributed by atoms with van der Waals surface area (Å²) in [6, 6.07) is 10.8. The molecule has 1 aliphatic carbocycles. The molecule has 1 atom stereocenters. The molecule has 0 saturated heterocycles. The second-order valence-electron chi connectivity index (χ2n) is 5.85. The predicted octanol–water partition coefficient (Wildman–Crippen LogP) is 2.09. The summed E-state index contributed by atoms with van der Waals surface area (Å²) in [7, 11) is 0. The average Bonchev–Trinajstić information content (AvgIpc) is 3.23. The predicted molar refractivity (Wildman–Crippen MR) is 83.0 cm³/mol. The first-order valence-electron chi connectivity index (χ1n) is 7.71. The van der Waals surface area contributed by atoms with E-state index in [1.54, 1.807) is 0 Å². The number of aliphatic hydroxyl groups is 1. The monoisotopic (exact) mass is 285 g/mol. The Balaban J connectivity index is 1.94. The van der Waals surface area contributed by atoms with Crippen molar-refractivity contribution in [1.82, 2.24) is 14.9 Å². The van der Waals surface area contributed by atoms with Crippen molar-refractivity contribution in [2.24, 2.45) is 0 Å². The van der Waals surface area contributed by atoms with Crippen LogP contribution in [0.25, 0.3) is 0 Å². The third-order valence-electron chi connectivity index (χ3n) is 4.21. The number of imidazole rings is 1. The van der Waals surface area contributed by atoms with E-state index < -0.39 is 5.54 Å². The zero-order chi connectivity index (χ0) is 14.7. The maximum Gasteiger partial charge on any atom is 0.108 e. The lowest BCUT2D eigenvalue weighted by atomic mass is 9.90. The molecule has 0 spiro atoms. The van der Waals surface area contributed by atoms with E-state index in [1.165, 1.54) is 12.8 Å². The fraction of sp³-hybridized carbons (Fsp3) is 0.471. The molecule has 1 fully saturated rings. The van der Waals surface area contributed by atoms with Crippen LogP contribution < -0.4 is 5.32 Å². The molecule has 0 aliphatic heterocycles. The van der Waals surface area contributed by atoms with Crippen LogP contribution in [-0.2, 0) is 18.5 Å². The minimum Gasteiger partial charge on any atom is -0.394 e. The molecule has 2 aromatic rings. The molecule has 1 aliphatic rings. The van der Waals surface area contributed by atoms with Crippen molar-refractivity contribution < 1.29 is 5.11 Å². The van der Waals surface area contributed by atoms with E-state index in [1.807, 2.05) is 30.6 Å². The zero-order valence-corrected chi connectivity index (χ0v) is 12.5. The molecule has 4 heteroatoms. The Morgan fingerprint density at radius 3 is 2.71 bits per heavy atom. The van der Waals surface area contributed by atoms with Crippen molar-refractivity contribution in [1.29, 1.82) is 0 Å². The van der Waals surface area contributed by atoms with Gasteiger partial charge in [0.05, 0.1) is 12.1 Å². The van der Waals surface area contributed by atoms with Gasteiger partial charge in [-0.2, -0.15) is 0 Å². The van der Waals surface area contributed by atoms with Crippen LogP contribution in [0.3, 0.4) is 0 Å². The van der Waals surface area contributed by atoms with Crippen LogP contribution in [0.5, 0.6) is 0 Å². The second-order valence-corrected chi connectivity index (χ2v) is 5.85. The third kappa shape index (κ3) is 3.01. The first-order chi connectivity index (χ1) is 10.3. The van der Waals surface area contributed by atoms with Crippen LogP contribution in [0.4, 0.5) is 0 Å². The lowest BCUT2D eigenvalue weighted by molar-refractivity contribution is 0.139. The van der Waals surface area contributed by atoms with Crippen LogP contribution in [0.1, 0.15) is 31.2 Å². The number of aromatic nitrogens is 2. The Morgan fingerprint density at radius 2 is 2.10 bits per heavy atom. The van der Waals surface area contributed by atoms with Gasteiger partial charge in [-0.25, -0.2) is 4.98 Å². The largest absolute Gasteiger partial charge is 0.394 e. The maximum atomic E-state index is 10.2. The minimum atomic E-state index is -0.437. The van der Waals surface area contributed by atoms with Gasteiger partial charge in [-0.3, -0.25) is 0 Å². The number of benzene rings is 1. The lowest BCUT2D eigenvalue weighted by Crippen LogP contribution is -2.50. The highest BCUT2D eigenvalue weighted by molar-refractivity contribution is 5.26. The van der Waals surface area contributed by atoms with E-state index in [-0.39, 0.29) is 6.61 Å². The first kappa shape index (κ1) is 14.3. The molecule has 0 bridgehead atoms. The van der Waals surface area contributed by atoms with Crippen molar-refractivity contribution in [2.45, 2.75) is 44.3 Å². The fourth-order valence-corrected chi connectivity index (χ4v) is 2.87.